The molecule has 0 spiro atoms. The molecule has 0 saturated carbocycles. The molecule has 0 radical (unpaired) electrons. The van der Waals surface area contributed by atoms with Crippen LogP contribution in [0.1, 0.15) is 45.2 Å². The molecule has 20 heavy (non-hydrogen) atoms. The minimum absolute atomic E-state index is 0.299. The van der Waals surface area contributed by atoms with Crippen molar-refractivity contribution in [1.29, 1.82) is 0 Å². The van der Waals surface area contributed by atoms with E-state index in [4.69, 9.17) is 0 Å². The van der Waals surface area contributed by atoms with Crippen LogP contribution in [0, 0.1) is 0 Å². The van der Waals surface area contributed by atoms with Gasteiger partial charge >= 0.3 is 12.0 Å². The topological polar surface area (TPSA) is 82.5 Å². The van der Waals surface area contributed by atoms with Gasteiger partial charge < -0.3 is 10.0 Å². The number of carbonyl (C=O) groups is 2. The quantitative estimate of drug-likeness (QED) is 0.898. The number of hydrogen-bond acceptors (Lipinski definition) is 4. The number of aliphatic carboxylic acids is 1. The van der Waals surface area contributed by atoms with E-state index in [-0.39, 0.29) is 0 Å². The Morgan fingerprint density at radius 1 is 1.55 bits per heavy atom. The molecule has 1 aliphatic rings. The summed E-state index contributed by atoms with van der Waals surface area (Å²) >= 11 is 1.36. The largest absolute Gasteiger partial charge is 0.480 e. The Morgan fingerprint density at radius 3 is 2.80 bits per heavy atom. The number of likely N-dealkylation sites (tertiary alicyclic amines) is 1. The van der Waals surface area contributed by atoms with E-state index < -0.39 is 17.5 Å². The third-order valence-electron chi connectivity index (χ3n) is 3.67. The van der Waals surface area contributed by atoms with Gasteiger partial charge in [0.05, 0.1) is 5.69 Å². The van der Waals surface area contributed by atoms with Crippen molar-refractivity contribution in [2.45, 2.75) is 45.1 Å². The van der Waals surface area contributed by atoms with Gasteiger partial charge in [-0.3, -0.25) is 5.32 Å². The first-order valence-corrected chi connectivity index (χ1v) is 7.50. The molecule has 2 amide bonds. The minimum Gasteiger partial charge on any atom is -0.480 e. The molecule has 1 fully saturated rings. The van der Waals surface area contributed by atoms with Gasteiger partial charge in [-0.2, -0.15) is 0 Å². The number of carboxylic acid groups (broad SMARTS) is 1. The smallest absolute Gasteiger partial charge is 0.329 e. The summed E-state index contributed by atoms with van der Waals surface area (Å²) in [7, 11) is 0. The average molecular weight is 297 g/mol. The standard InChI is InChI=1S/C13H19N3O3S/c1-8(2)9-7-20-11(14-9)15-12(19)16-6-4-5-13(16,3)10(17)18/h7-8H,4-6H2,1-3H3,(H,17,18)(H,14,15,19). The summed E-state index contributed by atoms with van der Waals surface area (Å²) in [5.74, 6) is -0.667. The lowest BCUT2D eigenvalue weighted by Gasteiger charge is -2.30. The second-order valence-corrected chi connectivity index (χ2v) is 6.35. The molecule has 110 valence electrons. The molecule has 2 rings (SSSR count). The molecular weight excluding hydrogens is 278 g/mol. The predicted molar refractivity (Wildman–Crippen MR) is 77.2 cm³/mol. The van der Waals surface area contributed by atoms with E-state index in [1.807, 2.05) is 19.2 Å². The number of aromatic nitrogens is 1. The van der Waals surface area contributed by atoms with Crippen molar-refractivity contribution >= 4 is 28.5 Å². The summed E-state index contributed by atoms with van der Waals surface area (Å²) in [5, 5.41) is 14.4. The van der Waals surface area contributed by atoms with Gasteiger partial charge in [-0.1, -0.05) is 13.8 Å². The lowest BCUT2D eigenvalue weighted by molar-refractivity contribution is -0.146. The third kappa shape index (κ3) is 2.63. The zero-order valence-corrected chi connectivity index (χ0v) is 12.7. The van der Waals surface area contributed by atoms with Crippen LogP contribution in [0.15, 0.2) is 5.38 Å². The zero-order valence-electron chi connectivity index (χ0n) is 11.8. The van der Waals surface area contributed by atoms with Gasteiger partial charge in [0.25, 0.3) is 0 Å². The number of hydrogen-bond donors (Lipinski definition) is 2. The Labute approximate surface area is 121 Å². The van der Waals surface area contributed by atoms with Crippen molar-refractivity contribution in [2.24, 2.45) is 0 Å². The summed E-state index contributed by atoms with van der Waals surface area (Å²) in [5.41, 5.74) is -0.199. The SMILES string of the molecule is CC(C)c1csc(NC(=O)N2CCCC2(C)C(=O)O)n1. The number of nitrogens with zero attached hydrogens (tertiary/aromatic N) is 2. The van der Waals surface area contributed by atoms with Crippen LogP contribution in [0.25, 0.3) is 0 Å². The van der Waals surface area contributed by atoms with Crippen LogP contribution in [0.5, 0.6) is 0 Å². The maximum absolute atomic E-state index is 12.2. The summed E-state index contributed by atoms with van der Waals surface area (Å²) in [4.78, 5) is 29.3. The second-order valence-electron chi connectivity index (χ2n) is 5.50. The van der Waals surface area contributed by atoms with Crippen LogP contribution >= 0.6 is 11.3 Å². The Kier molecular flexibility index (Phi) is 3.99. The first kappa shape index (κ1) is 14.8. The molecule has 0 bridgehead atoms. The third-order valence-corrected chi connectivity index (χ3v) is 4.45. The molecule has 7 heteroatoms. The van der Waals surface area contributed by atoms with E-state index >= 15 is 0 Å². The Bertz CT molecular complexity index is 529. The highest BCUT2D eigenvalue weighted by Gasteiger charge is 2.46. The van der Waals surface area contributed by atoms with Crippen LogP contribution in [0.4, 0.5) is 9.93 Å². The molecule has 1 atom stereocenters. The van der Waals surface area contributed by atoms with Crippen LogP contribution in [-0.4, -0.2) is 39.1 Å². The second kappa shape index (κ2) is 5.40. The molecule has 2 heterocycles. The van der Waals surface area contributed by atoms with Gasteiger partial charge in [0, 0.05) is 11.9 Å². The first-order chi connectivity index (χ1) is 9.34. The van der Waals surface area contributed by atoms with Crippen molar-refractivity contribution in [3.05, 3.63) is 11.1 Å². The highest BCUT2D eigenvalue weighted by Crippen LogP contribution is 2.30. The molecule has 0 aliphatic carbocycles. The average Bonchev–Trinajstić information content (AvgIpc) is 2.96. The number of rotatable bonds is 3. The van der Waals surface area contributed by atoms with E-state index in [0.29, 0.717) is 30.4 Å². The molecule has 1 saturated heterocycles. The summed E-state index contributed by atoms with van der Waals surface area (Å²) < 4.78 is 0. The van der Waals surface area contributed by atoms with Crippen molar-refractivity contribution in [1.82, 2.24) is 9.88 Å². The molecule has 6 nitrogen and oxygen atoms in total. The van der Waals surface area contributed by atoms with Crippen LogP contribution in [-0.2, 0) is 4.79 Å². The number of nitrogens with one attached hydrogen (secondary N) is 1. The Morgan fingerprint density at radius 2 is 2.25 bits per heavy atom. The van der Waals surface area contributed by atoms with Crippen molar-refractivity contribution in [3.8, 4) is 0 Å². The van der Waals surface area contributed by atoms with Gasteiger partial charge in [-0.15, -0.1) is 11.3 Å². The minimum atomic E-state index is -1.12. The molecule has 1 aromatic heterocycles. The van der Waals surface area contributed by atoms with Gasteiger partial charge in [0.2, 0.25) is 0 Å². The van der Waals surface area contributed by atoms with Gasteiger partial charge in [0.15, 0.2) is 5.13 Å². The van der Waals surface area contributed by atoms with Crippen LogP contribution in [0.3, 0.4) is 0 Å². The number of thiazole rings is 1. The number of carbonyl (C=O) groups excluding carboxylic acids is 1. The molecule has 1 aromatic rings. The van der Waals surface area contributed by atoms with Gasteiger partial charge in [-0.25, -0.2) is 14.6 Å². The molecule has 0 aromatic carbocycles. The van der Waals surface area contributed by atoms with E-state index in [1.165, 1.54) is 16.2 Å². The maximum atomic E-state index is 12.2. The van der Waals surface area contributed by atoms with Gasteiger partial charge in [-0.05, 0) is 25.7 Å². The number of anilines is 1. The van der Waals surface area contributed by atoms with Crippen molar-refractivity contribution in [3.63, 3.8) is 0 Å². The zero-order chi connectivity index (χ0) is 14.9. The molecular formula is C13H19N3O3S. The Balaban J connectivity index is 2.09. The van der Waals surface area contributed by atoms with Crippen molar-refractivity contribution < 1.29 is 14.7 Å². The normalized spacial score (nSPS) is 22.3. The molecule has 1 aliphatic heterocycles. The first-order valence-electron chi connectivity index (χ1n) is 6.62. The number of urea groups is 1. The van der Waals surface area contributed by atoms with Crippen LogP contribution < -0.4 is 5.32 Å². The number of amides is 2. The molecule has 2 N–H and O–H groups in total. The lowest BCUT2D eigenvalue weighted by atomic mass is 10.00. The fourth-order valence-corrected chi connectivity index (χ4v) is 3.14. The predicted octanol–water partition coefficient (Wildman–Crippen LogP) is 2.74. The van der Waals surface area contributed by atoms with E-state index in [2.05, 4.69) is 10.3 Å². The maximum Gasteiger partial charge on any atom is 0.329 e. The van der Waals surface area contributed by atoms with E-state index in [9.17, 15) is 14.7 Å². The highest BCUT2D eigenvalue weighted by atomic mass is 32.1. The van der Waals surface area contributed by atoms with Crippen molar-refractivity contribution in [2.75, 3.05) is 11.9 Å². The number of carboxylic acids is 1. The molecule has 1 unspecified atom stereocenters. The Hall–Kier alpha value is -1.63. The van der Waals surface area contributed by atoms with Crippen LogP contribution in [0.2, 0.25) is 0 Å². The summed E-state index contributed by atoms with van der Waals surface area (Å²) in [6, 6.07) is -0.392. The van der Waals surface area contributed by atoms with Gasteiger partial charge in [0.1, 0.15) is 5.54 Å². The fourth-order valence-electron chi connectivity index (χ4n) is 2.28. The van der Waals surface area contributed by atoms with E-state index in [0.717, 1.165) is 5.69 Å². The lowest BCUT2D eigenvalue weighted by Crippen LogP contribution is -2.52. The monoisotopic (exact) mass is 297 g/mol. The summed E-state index contributed by atoms with van der Waals surface area (Å²) in [6.07, 6.45) is 1.18. The highest BCUT2D eigenvalue weighted by molar-refractivity contribution is 7.13. The summed E-state index contributed by atoms with van der Waals surface area (Å²) in [6.45, 7) is 6.10. The fraction of sp³-hybridized carbons (Fsp3) is 0.615. The van der Waals surface area contributed by atoms with E-state index in [1.54, 1.807) is 6.92 Å².